The fourth-order valence-corrected chi connectivity index (χ4v) is 5.13. The minimum absolute atomic E-state index is 0.0334. The fourth-order valence-electron chi connectivity index (χ4n) is 2.53. The molecule has 0 aliphatic heterocycles. The van der Waals surface area contributed by atoms with E-state index in [1.165, 1.54) is 36.0 Å². The molecule has 0 saturated heterocycles. The van der Waals surface area contributed by atoms with Crippen LogP contribution in [0.15, 0.2) is 46.3 Å². The molecule has 0 radical (unpaired) electrons. The van der Waals surface area contributed by atoms with Gasteiger partial charge in [-0.15, -0.1) is 10.2 Å². The Morgan fingerprint density at radius 2 is 1.91 bits per heavy atom. The lowest BCUT2D eigenvalue weighted by Crippen LogP contribution is -2.15. The number of thioether (sulfide) groups is 1. The molecule has 0 unspecified atom stereocenters. The number of hydrogen-bond donors (Lipinski definition) is 2. The van der Waals surface area contributed by atoms with Gasteiger partial charge in [0, 0.05) is 11.4 Å². The van der Waals surface area contributed by atoms with Crippen LogP contribution in [0.4, 0.5) is 10.8 Å². The van der Waals surface area contributed by atoms with Gasteiger partial charge in [-0.3, -0.25) is 9.52 Å². The number of carbonyl (C=O) groups excluding carboxylic acids is 1. The number of nitriles is 1. The average molecular weight is 489 g/mol. The molecule has 2 aromatic heterocycles. The van der Waals surface area contributed by atoms with Crippen LogP contribution in [0.3, 0.4) is 0 Å². The molecule has 0 aliphatic rings. The first-order valence-corrected chi connectivity index (χ1v) is 12.7. The quantitative estimate of drug-likeness (QED) is 0.457. The van der Waals surface area contributed by atoms with Gasteiger partial charge in [0.15, 0.2) is 0 Å². The largest absolute Gasteiger partial charge is 0.325 e. The van der Waals surface area contributed by atoms with Gasteiger partial charge in [0.2, 0.25) is 11.0 Å². The number of nitrogens with one attached hydrogen (secondary N) is 2. The summed E-state index contributed by atoms with van der Waals surface area (Å²) in [6.45, 7) is 5.73. The van der Waals surface area contributed by atoms with Crippen LogP contribution in [0.1, 0.15) is 36.0 Å². The average Bonchev–Trinajstić information content (AvgIpc) is 3.16. The molecule has 32 heavy (non-hydrogen) atoms. The smallest absolute Gasteiger partial charge is 0.263 e. The van der Waals surface area contributed by atoms with Crippen molar-refractivity contribution in [3.05, 3.63) is 52.7 Å². The Kier molecular flexibility index (Phi) is 7.44. The van der Waals surface area contributed by atoms with Crippen molar-refractivity contribution in [1.82, 2.24) is 15.2 Å². The molecule has 1 amide bonds. The first-order chi connectivity index (χ1) is 15.2. The monoisotopic (exact) mass is 488 g/mol. The molecular weight excluding hydrogens is 468 g/mol. The molecule has 166 valence electrons. The van der Waals surface area contributed by atoms with Crippen molar-refractivity contribution in [3.63, 3.8) is 0 Å². The van der Waals surface area contributed by atoms with E-state index < -0.39 is 10.0 Å². The number of sulfonamides is 1. The van der Waals surface area contributed by atoms with Gasteiger partial charge in [0.25, 0.3) is 10.0 Å². The lowest BCUT2D eigenvalue weighted by atomic mass is 10.1. The second-order valence-corrected chi connectivity index (χ2v) is 10.8. The summed E-state index contributed by atoms with van der Waals surface area (Å²) in [5, 5.41) is 20.8. The van der Waals surface area contributed by atoms with Crippen LogP contribution in [0.5, 0.6) is 0 Å². The van der Waals surface area contributed by atoms with Gasteiger partial charge in [-0.1, -0.05) is 36.9 Å². The molecule has 9 nitrogen and oxygen atoms in total. The molecule has 0 bridgehead atoms. The summed E-state index contributed by atoms with van der Waals surface area (Å²) in [6.07, 6.45) is 0. The molecule has 12 heteroatoms. The van der Waals surface area contributed by atoms with Gasteiger partial charge >= 0.3 is 0 Å². The Bertz CT molecular complexity index is 1260. The zero-order chi connectivity index (χ0) is 23.3. The van der Waals surface area contributed by atoms with Crippen LogP contribution in [0.2, 0.25) is 0 Å². The standard InChI is InChI=1S/C20H20N6O3S3/c1-12(2)17-9-4-14(10-21)19(23-17)30-11-18(27)22-15-5-7-16(8-6-15)32(28,29)26-20-25-24-13(3)31-20/h4-9,12H,11H2,1-3H3,(H,22,27)(H,25,26). The van der Waals surface area contributed by atoms with Gasteiger partial charge < -0.3 is 5.32 Å². The number of anilines is 2. The Hall–Kier alpha value is -3.01. The van der Waals surface area contributed by atoms with Crippen LogP contribution in [-0.4, -0.2) is 35.3 Å². The third-order valence-electron chi connectivity index (χ3n) is 4.13. The van der Waals surface area contributed by atoms with E-state index in [-0.39, 0.29) is 27.6 Å². The second-order valence-electron chi connectivity index (χ2n) is 6.95. The second kappa shape index (κ2) is 10.1. The van der Waals surface area contributed by atoms with E-state index in [4.69, 9.17) is 0 Å². The van der Waals surface area contributed by atoms with Gasteiger partial charge in [-0.25, -0.2) is 13.4 Å². The van der Waals surface area contributed by atoms with Crippen LogP contribution in [0, 0.1) is 18.3 Å². The molecule has 1 aromatic carbocycles. The number of aryl methyl sites for hydroxylation is 1. The van der Waals surface area contributed by atoms with E-state index >= 15 is 0 Å². The Labute approximate surface area is 194 Å². The molecule has 0 aliphatic carbocycles. The minimum Gasteiger partial charge on any atom is -0.325 e. The van der Waals surface area contributed by atoms with E-state index in [9.17, 15) is 18.5 Å². The highest BCUT2D eigenvalue weighted by atomic mass is 32.2. The fraction of sp³-hybridized carbons (Fsp3) is 0.250. The zero-order valence-corrected chi connectivity index (χ0v) is 19.9. The zero-order valence-electron chi connectivity index (χ0n) is 17.5. The summed E-state index contributed by atoms with van der Waals surface area (Å²) in [5.74, 6) is -0.0360. The third kappa shape index (κ3) is 6.03. The molecule has 3 rings (SSSR count). The lowest BCUT2D eigenvalue weighted by molar-refractivity contribution is -0.113. The maximum Gasteiger partial charge on any atom is 0.263 e. The number of nitrogens with zero attached hydrogens (tertiary/aromatic N) is 4. The van der Waals surface area contributed by atoms with Gasteiger partial charge in [-0.05, 0) is 49.2 Å². The minimum atomic E-state index is -3.81. The maximum absolute atomic E-state index is 12.4. The van der Waals surface area contributed by atoms with Crippen molar-refractivity contribution in [2.24, 2.45) is 0 Å². The van der Waals surface area contributed by atoms with Crippen LogP contribution in [-0.2, 0) is 14.8 Å². The molecule has 0 fully saturated rings. The summed E-state index contributed by atoms with van der Waals surface area (Å²) in [5.41, 5.74) is 1.71. The number of aromatic nitrogens is 3. The van der Waals surface area contributed by atoms with Crippen molar-refractivity contribution >= 4 is 49.8 Å². The van der Waals surface area contributed by atoms with Crippen molar-refractivity contribution in [3.8, 4) is 6.07 Å². The lowest BCUT2D eigenvalue weighted by Gasteiger charge is -2.10. The van der Waals surface area contributed by atoms with Gasteiger partial charge in [0.05, 0.1) is 16.2 Å². The van der Waals surface area contributed by atoms with Gasteiger partial charge in [-0.2, -0.15) is 5.26 Å². The topological polar surface area (TPSA) is 138 Å². The molecule has 0 saturated carbocycles. The predicted molar refractivity (Wildman–Crippen MR) is 124 cm³/mol. The molecular formula is C20H20N6O3S3. The number of pyridine rings is 1. The Balaban J connectivity index is 1.62. The summed E-state index contributed by atoms with van der Waals surface area (Å²) < 4.78 is 27.3. The molecule has 0 atom stereocenters. The van der Waals surface area contributed by atoms with E-state index in [1.807, 2.05) is 19.9 Å². The Morgan fingerprint density at radius 3 is 2.50 bits per heavy atom. The molecule has 3 aromatic rings. The van der Waals surface area contributed by atoms with Crippen molar-refractivity contribution in [2.75, 3.05) is 15.8 Å². The van der Waals surface area contributed by atoms with Crippen molar-refractivity contribution in [1.29, 1.82) is 5.26 Å². The van der Waals surface area contributed by atoms with E-state index in [0.717, 1.165) is 17.0 Å². The van der Waals surface area contributed by atoms with Crippen molar-refractivity contribution < 1.29 is 13.2 Å². The van der Waals surface area contributed by atoms with Crippen molar-refractivity contribution in [2.45, 2.75) is 36.6 Å². The number of carbonyl (C=O) groups is 1. The number of benzene rings is 1. The van der Waals surface area contributed by atoms with Gasteiger partial charge in [0.1, 0.15) is 16.1 Å². The SMILES string of the molecule is Cc1nnc(NS(=O)(=O)c2ccc(NC(=O)CSc3nc(C(C)C)ccc3C#N)cc2)s1. The first-order valence-electron chi connectivity index (χ1n) is 9.44. The summed E-state index contributed by atoms with van der Waals surface area (Å²) in [7, 11) is -3.81. The summed E-state index contributed by atoms with van der Waals surface area (Å²) in [6, 6.07) is 11.4. The third-order valence-corrected chi connectivity index (χ3v) is 7.36. The maximum atomic E-state index is 12.4. The van der Waals surface area contributed by atoms with E-state index in [0.29, 0.717) is 21.3 Å². The number of hydrogen-bond acceptors (Lipinski definition) is 9. The van der Waals surface area contributed by atoms with E-state index in [2.05, 4.69) is 31.3 Å². The van der Waals surface area contributed by atoms with Crippen LogP contribution >= 0.6 is 23.1 Å². The normalized spacial score (nSPS) is 11.2. The number of rotatable bonds is 8. The number of amides is 1. The highest BCUT2D eigenvalue weighted by Crippen LogP contribution is 2.24. The molecule has 2 N–H and O–H groups in total. The first kappa shape index (κ1) is 23.6. The summed E-state index contributed by atoms with van der Waals surface area (Å²) >= 11 is 2.31. The predicted octanol–water partition coefficient (Wildman–Crippen LogP) is 3.77. The highest BCUT2D eigenvalue weighted by Gasteiger charge is 2.17. The molecule has 2 heterocycles. The Morgan fingerprint density at radius 1 is 1.19 bits per heavy atom. The van der Waals surface area contributed by atoms with Crippen LogP contribution in [0.25, 0.3) is 0 Å². The summed E-state index contributed by atoms with van der Waals surface area (Å²) in [4.78, 5) is 16.9. The van der Waals surface area contributed by atoms with E-state index in [1.54, 1.807) is 13.0 Å². The van der Waals surface area contributed by atoms with Crippen LogP contribution < -0.4 is 10.0 Å². The highest BCUT2D eigenvalue weighted by molar-refractivity contribution is 8.00. The molecule has 0 spiro atoms.